The molecule has 1 aliphatic heterocycles. The molecule has 1 atom stereocenters. The van der Waals surface area contributed by atoms with Gasteiger partial charge in [0.05, 0.1) is 11.1 Å². The average molecular weight is 352 g/mol. The van der Waals surface area contributed by atoms with Crippen LogP contribution < -0.4 is 10.1 Å². The van der Waals surface area contributed by atoms with E-state index < -0.39 is 0 Å². The van der Waals surface area contributed by atoms with Crippen LogP contribution >= 0.6 is 15.9 Å². The van der Waals surface area contributed by atoms with Gasteiger partial charge in [-0.2, -0.15) is 0 Å². The molecule has 0 saturated carbocycles. The van der Waals surface area contributed by atoms with E-state index in [0.717, 1.165) is 17.5 Å². The third kappa shape index (κ3) is 2.89. The van der Waals surface area contributed by atoms with Crippen molar-refractivity contribution in [3.63, 3.8) is 0 Å². The second-order valence-electron chi connectivity index (χ2n) is 4.98. The van der Waals surface area contributed by atoms with Gasteiger partial charge < -0.3 is 15.2 Å². The molecule has 0 bridgehead atoms. The van der Waals surface area contributed by atoms with E-state index in [0.29, 0.717) is 23.4 Å². The van der Waals surface area contributed by atoms with E-state index >= 15 is 0 Å². The molecule has 0 spiro atoms. The largest absolute Gasteiger partial charge is 0.507 e. The van der Waals surface area contributed by atoms with E-state index in [9.17, 15) is 9.50 Å². The van der Waals surface area contributed by atoms with Gasteiger partial charge >= 0.3 is 0 Å². The normalized spacial score (nSPS) is 17.1. The number of halogens is 2. The second-order valence-corrected chi connectivity index (χ2v) is 5.77. The zero-order valence-electron chi connectivity index (χ0n) is 11.3. The van der Waals surface area contributed by atoms with Gasteiger partial charge in [0.1, 0.15) is 5.75 Å². The SMILES string of the molecule is Oc1cccc(CN[C@@H]2CCOc3c(F)cccc32)c1Br. The van der Waals surface area contributed by atoms with Crippen LogP contribution in [0.5, 0.6) is 11.5 Å². The van der Waals surface area contributed by atoms with Gasteiger partial charge in [0, 0.05) is 24.6 Å². The van der Waals surface area contributed by atoms with Crippen molar-refractivity contribution in [1.29, 1.82) is 0 Å². The minimum atomic E-state index is -0.322. The standard InChI is InChI=1S/C16H15BrFNO2/c17-15-10(3-1-6-14(15)20)9-19-13-7-8-21-16-11(13)4-2-5-12(16)18/h1-6,13,19-20H,7-9H2/t13-/m1/s1. The molecule has 0 amide bonds. The molecule has 0 radical (unpaired) electrons. The lowest BCUT2D eigenvalue weighted by atomic mass is 10.00. The van der Waals surface area contributed by atoms with Crippen molar-refractivity contribution in [2.24, 2.45) is 0 Å². The molecule has 0 aliphatic carbocycles. The first-order chi connectivity index (χ1) is 10.2. The van der Waals surface area contributed by atoms with E-state index in [1.807, 2.05) is 12.1 Å². The molecule has 3 nitrogen and oxygen atoms in total. The van der Waals surface area contributed by atoms with E-state index in [2.05, 4.69) is 21.2 Å². The fourth-order valence-electron chi connectivity index (χ4n) is 2.53. The van der Waals surface area contributed by atoms with Crippen LogP contribution in [0.25, 0.3) is 0 Å². The number of phenols is 1. The Hall–Kier alpha value is -1.59. The van der Waals surface area contributed by atoms with Crippen LogP contribution in [0, 0.1) is 5.82 Å². The highest BCUT2D eigenvalue weighted by atomic mass is 79.9. The fraction of sp³-hybridized carbons (Fsp3) is 0.250. The molecule has 0 unspecified atom stereocenters. The summed E-state index contributed by atoms with van der Waals surface area (Å²) < 4.78 is 19.8. The van der Waals surface area contributed by atoms with Crippen molar-refractivity contribution < 1.29 is 14.2 Å². The number of hydrogen-bond acceptors (Lipinski definition) is 3. The summed E-state index contributed by atoms with van der Waals surface area (Å²) in [6.45, 7) is 1.07. The Kier molecular flexibility index (Phi) is 4.12. The monoisotopic (exact) mass is 351 g/mol. The molecule has 2 aromatic rings. The van der Waals surface area contributed by atoms with Gasteiger partial charge in [0.15, 0.2) is 11.6 Å². The number of para-hydroxylation sites is 1. The Balaban J connectivity index is 1.78. The molecule has 5 heteroatoms. The van der Waals surface area contributed by atoms with Crippen LogP contribution in [0.1, 0.15) is 23.6 Å². The van der Waals surface area contributed by atoms with Crippen LogP contribution in [0.2, 0.25) is 0 Å². The molecular formula is C16H15BrFNO2. The molecule has 2 N–H and O–H groups in total. The second kappa shape index (κ2) is 6.03. The average Bonchev–Trinajstić information content (AvgIpc) is 2.49. The van der Waals surface area contributed by atoms with Gasteiger partial charge in [-0.3, -0.25) is 0 Å². The zero-order chi connectivity index (χ0) is 14.8. The van der Waals surface area contributed by atoms with Crippen LogP contribution in [-0.4, -0.2) is 11.7 Å². The van der Waals surface area contributed by atoms with Crippen molar-refractivity contribution in [3.05, 3.63) is 57.8 Å². The van der Waals surface area contributed by atoms with E-state index in [1.165, 1.54) is 6.07 Å². The Labute approximate surface area is 130 Å². The summed E-state index contributed by atoms with van der Waals surface area (Å²) in [7, 11) is 0. The summed E-state index contributed by atoms with van der Waals surface area (Å²) >= 11 is 3.37. The molecule has 0 saturated heterocycles. The predicted molar refractivity (Wildman–Crippen MR) is 81.9 cm³/mol. The lowest BCUT2D eigenvalue weighted by molar-refractivity contribution is 0.240. The lowest BCUT2D eigenvalue weighted by Crippen LogP contribution is -2.27. The fourth-order valence-corrected chi connectivity index (χ4v) is 2.94. The number of nitrogens with one attached hydrogen (secondary N) is 1. The first-order valence-corrected chi connectivity index (χ1v) is 7.57. The highest BCUT2D eigenvalue weighted by molar-refractivity contribution is 9.10. The van der Waals surface area contributed by atoms with Gasteiger partial charge in [0.2, 0.25) is 0 Å². The molecule has 21 heavy (non-hydrogen) atoms. The first-order valence-electron chi connectivity index (χ1n) is 6.78. The quantitative estimate of drug-likeness (QED) is 0.880. The summed E-state index contributed by atoms with van der Waals surface area (Å²) in [4.78, 5) is 0. The Morgan fingerprint density at radius 1 is 1.29 bits per heavy atom. The van der Waals surface area contributed by atoms with Crippen LogP contribution in [0.3, 0.4) is 0 Å². The number of rotatable bonds is 3. The third-order valence-electron chi connectivity index (χ3n) is 3.62. The van der Waals surface area contributed by atoms with Gasteiger partial charge in [0.25, 0.3) is 0 Å². The zero-order valence-corrected chi connectivity index (χ0v) is 12.9. The van der Waals surface area contributed by atoms with Crippen molar-refractivity contribution in [2.75, 3.05) is 6.61 Å². The number of phenolic OH excluding ortho intramolecular Hbond substituents is 1. The minimum absolute atomic E-state index is 0.0405. The Bertz CT molecular complexity index is 663. The Morgan fingerprint density at radius 2 is 2.10 bits per heavy atom. The van der Waals surface area contributed by atoms with Gasteiger partial charge in [-0.15, -0.1) is 0 Å². The van der Waals surface area contributed by atoms with Gasteiger partial charge in [-0.05, 0) is 33.6 Å². The number of aromatic hydroxyl groups is 1. The lowest BCUT2D eigenvalue weighted by Gasteiger charge is -2.27. The summed E-state index contributed by atoms with van der Waals surface area (Å²) in [5.41, 5.74) is 1.80. The molecule has 3 rings (SSSR count). The van der Waals surface area contributed by atoms with E-state index in [-0.39, 0.29) is 17.6 Å². The maximum Gasteiger partial charge on any atom is 0.165 e. The summed E-state index contributed by atoms with van der Waals surface area (Å²) in [5, 5.41) is 13.1. The topological polar surface area (TPSA) is 41.5 Å². The van der Waals surface area contributed by atoms with Crippen molar-refractivity contribution in [1.82, 2.24) is 5.32 Å². The minimum Gasteiger partial charge on any atom is -0.507 e. The van der Waals surface area contributed by atoms with E-state index in [1.54, 1.807) is 18.2 Å². The molecule has 0 fully saturated rings. The van der Waals surface area contributed by atoms with Crippen molar-refractivity contribution in [2.45, 2.75) is 19.0 Å². The molecular weight excluding hydrogens is 337 g/mol. The molecule has 0 aromatic heterocycles. The third-order valence-corrected chi connectivity index (χ3v) is 4.54. The summed E-state index contributed by atoms with van der Waals surface area (Å²) in [5.74, 6) is 0.237. The van der Waals surface area contributed by atoms with Gasteiger partial charge in [-0.25, -0.2) is 4.39 Å². The van der Waals surface area contributed by atoms with Crippen LogP contribution in [0.4, 0.5) is 4.39 Å². The predicted octanol–water partition coefficient (Wildman–Crippen LogP) is 3.91. The maximum atomic E-state index is 13.7. The first kappa shape index (κ1) is 14.4. The number of hydrogen-bond donors (Lipinski definition) is 2. The molecule has 2 aromatic carbocycles. The van der Waals surface area contributed by atoms with Gasteiger partial charge in [-0.1, -0.05) is 24.3 Å². The maximum absolute atomic E-state index is 13.7. The van der Waals surface area contributed by atoms with Crippen LogP contribution in [0.15, 0.2) is 40.9 Å². The van der Waals surface area contributed by atoms with Crippen molar-refractivity contribution in [3.8, 4) is 11.5 Å². The highest BCUT2D eigenvalue weighted by Crippen LogP contribution is 2.34. The molecule has 110 valence electrons. The number of fused-ring (bicyclic) bond motifs is 1. The number of ether oxygens (including phenoxy) is 1. The number of benzene rings is 2. The summed E-state index contributed by atoms with van der Waals surface area (Å²) in [6.07, 6.45) is 0.785. The van der Waals surface area contributed by atoms with Crippen molar-refractivity contribution >= 4 is 15.9 Å². The highest BCUT2D eigenvalue weighted by Gasteiger charge is 2.23. The smallest absolute Gasteiger partial charge is 0.165 e. The van der Waals surface area contributed by atoms with E-state index in [4.69, 9.17) is 4.74 Å². The van der Waals surface area contributed by atoms with Crippen LogP contribution in [-0.2, 0) is 6.54 Å². The Morgan fingerprint density at radius 3 is 2.95 bits per heavy atom. The summed E-state index contributed by atoms with van der Waals surface area (Å²) in [6, 6.07) is 10.4. The molecule has 1 heterocycles. The molecule has 1 aliphatic rings.